The molecule has 1 aromatic rings. The molecule has 18 heavy (non-hydrogen) atoms. The fourth-order valence-electron chi connectivity index (χ4n) is 1.87. The van der Waals surface area contributed by atoms with Crippen LogP contribution in [-0.2, 0) is 4.79 Å². The van der Waals surface area contributed by atoms with Crippen molar-refractivity contribution in [3.05, 3.63) is 23.8 Å². The van der Waals surface area contributed by atoms with Crippen molar-refractivity contribution in [2.75, 3.05) is 12.4 Å². The first-order valence-corrected chi connectivity index (χ1v) is 5.75. The van der Waals surface area contributed by atoms with Crippen LogP contribution in [0, 0.1) is 11.8 Å². The highest BCUT2D eigenvalue weighted by Crippen LogP contribution is 2.38. The molecule has 1 saturated carbocycles. The van der Waals surface area contributed by atoms with E-state index in [1.54, 1.807) is 6.07 Å². The molecule has 0 heterocycles. The fraction of sp³-hybridized carbons (Fsp3) is 0.385. The van der Waals surface area contributed by atoms with Gasteiger partial charge in [-0.1, -0.05) is 6.92 Å². The SMILES string of the molecule is COc1cc(NC(=O)C2CC2C)ccc1C(=O)O. The molecule has 1 amide bonds. The average molecular weight is 249 g/mol. The Kier molecular flexibility index (Phi) is 3.23. The van der Waals surface area contributed by atoms with Gasteiger partial charge < -0.3 is 15.2 Å². The topological polar surface area (TPSA) is 75.6 Å². The molecule has 5 heteroatoms. The summed E-state index contributed by atoms with van der Waals surface area (Å²) in [6.07, 6.45) is 0.913. The molecule has 2 rings (SSSR count). The van der Waals surface area contributed by atoms with E-state index in [4.69, 9.17) is 9.84 Å². The number of nitrogens with one attached hydrogen (secondary N) is 1. The lowest BCUT2D eigenvalue weighted by molar-refractivity contribution is -0.117. The number of carboxylic acids is 1. The Morgan fingerprint density at radius 2 is 2.11 bits per heavy atom. The second kappa shape index (κ2) is 4.68. The molecule has 1 aliphatic rings. The Labute approximate surface area is 105 Å². The zero-order chi connectivity index (χ0) is 13.3. The lowest BCUT2D eigenvalue weighted by atomic mass is 10.1. The number of methoxy groups -OCH3 is 1. The zero-order valence-electron chi connectivity index (χ0n) is 10.3. The summed E-state index contributed by atoms with van der Waals surface area (Å²) in [7, 11) is 1.40. The van der Waals surface area contributed by atoms with Gasteiger partial charge >= 0.3 is 5.97 Å². The van der Waals surface area contributed by atoms with Gasteiger partial charge in [-0.3, -0.25) is 4.79 Å². The van der Waals surface area contributed by atoms with E-state index in [1.165, 1.54) is 19.2 Å². The van der Waals surface area contributed by atoms with Gasteiger partial charge in [0.25, 0.3) is 0 Å². The Balaban J connectivity index is 2.14. The number of aromatic carboxylic acids is 1. The number of hydrogen-bond donors (Lipinski definition) is 2. The van der Waals surface area contributed by atoms with E-state index in [1.807, 2.05) is 6.92 Å². The molecular formula is C13H15NO4. The first-order valence-electron chi connectivity index (χ1n) is 5.75. The summed E-state index contributed by atoms with van der Waals surface area (Å²) >= 11 is 0. The van der Waals surface area contributed by atoms with Gasteiger partial charge in [0.15, 0.2) is 0 Å². The molecule has 2 unspecified atom stereocenters. The number of amides is 1. The molecule has 0 bridgehead atoms. The molecule has 0 spiro atoms. The molecule has 96 valence electrons. The van der Waals surface area contributed by atoms with Gasteiger partial charge in [-0.15, -0.1) is 0 Å². The monoisotopic (exact) mass is 249 g/mol. The third kappa shape index (κ3) is 2.45. The highest BCUT2D eigenvalue weighted by atomic mass is 16.5. The fourth-order valence-corrected chi connectivity index (χ4v) is 1.87. The van der Waals surface area contributed by atoms with Crippen molar-refractivity contribution in [3.8, 4) is 5.75 Å². The van der Waals surface area contributed by atoms with Crippen LogP contribution in [0.15, 0.2) is 18.2 Å². The highest BCUT2D eigenvalue weighted by molar-refractivity contribution is 5.96. The molecule has 0 aromatic heterocycles. The lowest BCUT2D eigenvalue weighted by Crippen LogP contribution is -2.14. The van der Waals surface area contributed by atoms with Crippen molar-refractivity contribution in [1.82, 2.24) is 0 Å². The van der Waals surface area contributed by atoms with Crippen LogP contribution >= 0.6 is 0 Å². The molecule has 1 aliphatic carbocycles. The molecule has 1 aromatic carbocycles. The van der Waals surface area contributed by atoms with Gasteiger partial charge in [0.05, 0.1) is 7.11 Å². The predicted molar refractivity (Wildman–Crippen MR) is 65.9 cm³/mol. The van der Waals surface area contributed by atoms with E-state index in [0.29, 0.717) is 11.6 Å². The van der Waals surface area contributed by atoms with Crippen LogP contribution in [0.4, 0.5) is 5.69 Å². The van der Waals surface area contributed by atoms with Crippen LogP contribution in [0.2, 0.25) is 0 Å². The zero-order valence-corrected chi connectivity index (χ0v) is 10.3. The first kappa shape index (κ1) is 12.4. The number of carbonyl (C=O) groups is 2. The van der Waals surface area contributed by atoms with Gasteiger partial charge in [0.1, 0.15) is 11.3 Å². The number of ether oxygens (including phenoxy) is 1. The maximum Gasteiger partial charge on any atom is 0.339 e. The van der Waals surface area contributed by atoms with Crippen molar-refractivity contribution in [2.24, 2.45) is 11.8 Å². The summed E-state index contributed by atoms with van der Waals surface area (Å²) in [6.45, 7) is 2.03. The molecule has 0 aliphatic heterocycles. The van der Waals surface area contributed by atoms with E-state index in [-0.39, 0.29) is 23.1 Å². The van der Waals surface area contributed by atoms with Crippen molar-refractivity contribution in [1.29, 1.82) is 0 Å². The number of carboxylic acid groups (broad SMARTS) is 1. The normalized spacial score (nSPS) is 21.2. The summed E-state index contributed by atoms with van der Waals surface area (Å²) < 4.78 is 4.99. The van der Waals surface area contributed by atoms with Crippen LogP contribution < -0.4 is 10.1 Å². The van der Waals surface area contributed by atoms with Gasteiger partial charge in [0, 0.05) is 17.7 Å². The van der Waals surface area contributed by atoms with Gasteiger partial charge in [-0.25, -0.2) is 4.79 Å². The van der Waals surface area contributed by atoms with Crippen LogP contribution in [0.1, 0.15) is 23.7 Å². The maximum absolute atomic E-state index is 11.7. The van der Waals surface area contributed by atoms with E-state index in [2.05, 4.69) is 5.32 Å². The quantitative estimate of drug-likeness (QED) is 0.855. The highest BCUT2D eigenvalue weighted by Gasteiger charge is 2.39. The van der Waals surface area contributed by atoms with Crippen molar-refractivity contribution in [2.45, 2.75) is 13.3 Å². The van der Waals surface area contributed by atoms with Gasteiger partial charge in [-0.05, 0) is 24.5 Å². The Bertz CT molecular complexity index is 498. The van der Waals surface area contributed by atoms with E-state index >= 15 is 0 Å². The van der Waals surface area contributed by atoms with Gasteiger partial charge in [-0.2, -0.15) is 0 Å². The molecule has 0 saturated heterocycles. The maximum atomic E-state index is 11.7. The minimum Gasteiger partial charge on any atom is -0.496 e. The number of benzene rings is 1. The average Bonchev–Trinajstić information content (AvgIpc) is 3.06. The Hall–Kier alpha value is -2.04. The third-order valence-electron chi connectivity index (χ3n) is 3.15. The number of rotatable bonds is 4. The summed E-state index contributed by atoms with van der Waals surface area (Å²) in [4.78, 5) is 22.6. The van der Waals surface area contributed by atoms with Crippen LogP contribution in [0.25, 0.3) is 0 Å². The van der Waals surface area contributed by atoms with E-state index in [9.17, 15) is 9.59 Å². The first-order chi connectivity index (χ1) is 8.52. The van der Waals surface area contributed by atoms with Crippen molar-refractivity contribution >= 4 is 17.6 Å². The summed E-state index contributed by atoms with van der Waals surface area (Å²) in [6, 6.07) is 4.51. The van der Waals surface area contributed by atoms with Crippen LogP contribution in [0.5, 0.6) is 5.75 Å². The minimum atomic E-state index is -1.06. The molecular weight excluding hydrogens is 234 g/mol. The number of hydrogen-bond acceptors (Lipinski definition) is 3. The van der Waals surface area contributed by atoms with Crippen molar-refractivity contribution < 1.29 is 19.4 Å². The molecule has 5 nitrogen and oxygen atoms in total. The van der Waals surface area contributed by atoms with Crippen LogP contribution in [-0.4, -0.2) is 24.1 Å². The third-order valence-corrected chi connectivity index (χ3v) is 3.15. The second-order valence-corrected chi connectivity index (χ2v) is 4.53. The van der Waals surface area contributed by atoms with Crippen molar-refractivity contribution in [3.63, 3.8) is 0 Å². The Morgan fingerprint density at radius 3 is 2.61 bits per heavy atom. The van der Waals surface area contributed by atoms with E-state index < -0.39 is 5.97 Å². The second-order valence-electron chi connectivity index (χ2n) is 4.53. The van der Waals surface area contributed by atoms with Gasteiger partial charge in [0.2, 0.25) is 5.91 Å². The largest absolute Gasteiger partial charge is 0.496 e. The molecule has 2 atom stereocenters. The summed E-state index contributed by atoms with van der Waals surface area (Å²) in [5.41, 5.74) is 0.635. The summed E-state index contributed by atoms with van der Waals surface area (Å²) in [5, 5.41) is 11.7. The smallest absolute Gasteiger partial charge is 0.339 e. The van der Waals surface area contributed by atoms with Crippen LogP contribution in [0.3, 0.4) is 0 Å². The molecule has 2 N–H and O–H groups in total. The number of carbonyl (C=O) groups excluding carboxylic acids is 1. The molecule has 1 fully saturated rings. The lowest BCUT2D eigenvalue weighted by Gasteiger charge is -2.09. The predicted octanol–water partition coefficient (Wildman–Crippen LogP) is 1.99. The Morgan fingerprint density at radius 1 is 1.44 bits per heavy atom. The molecule has 0 radical (unpaired) electrons. The summed E-state index contributed by atoms with van der Waals surface area (Å²) in [5.74, 6) is -0.322. The van der Waals surface area contributed by atoms with E-state index in [0.717, 1.165) is 6.42 Å². The minimum absolute atomic E-state index is 0.0207. The number of anilines is 1. The standard InChI is InChI=1S/C13H15NO4/c1-7-5-10(7)12(15)14-8-3-4-9(13(16)17)11(6-8)18-2/h3-4,6-7,10H,5H2,1-2H3,(H,14,15)(H,16,17).